The predicted molar refractivity (Wildman–Crippen MR) is 62.7 cm³/mol. The van der Waals surface area contributed by atoms with Gasteiger partial charge < -0.3 is 24.9 Å². The van der Waals surface area contributed by atoms with Crippen LogP contribution >= 0.6 is 0 Å². The van der Waals surface area contributed by atoms with Crippen molar-refractivity contribution in [2.75, 3.05) is 38.8 Å². The third-order valence-corrected chi connectivity index (χ3v) is 2.00. The zero-order chi connectivity index (χ0) is 12.5. The molecule has 1 aromatic rings. The number of aromatic nitrogens is 2. The number of ether oxygens (including phenoxy) is 2. The van der Waals surface area contributed by atoms with E-state index in [4.69, 9.17) is 19.6 Å². The molecule has 1 rings (SSSR count). The Labute approximate surface area is 101 Å². The van der Waals surface area contributed by atoms with Crippen LogP contribution in [0.5, 0.6) is 0 Å². The molecule has 0 fully saturated rings. The highest BCUT2D eigenvalue weighted by atomic mass is 16.5. The highest BCUT2D eigenvalue weighted by Crippen LogP contribution is 2.10. The van der Waals surface area contributed by atoms with Crippen LogP contribution in [-0.2, 0) is 9.47 Å². The van der Waals surface area contributed by atoms with E-state index in [-0.39, 0.29) is 6.04 Å². The van der Waals surface area contributed by atoms with E-state index >= 15 is 0 Å². The maximum atomic E-state index is 5.59. The molecule has 98 valence electrons. The lowest BCUT2D eigenvalue weighted by Crippen LogP contribution is -2.08. The average molecular weight is 244 g/mol. The first-order chi connectivity index (χ1) is 8.24. The molecule has 0 aliphatic carbocycles. The van der Waals surface area contributed by atoms with E-state index in [1.165, 1.54) is 0 Å². The van der Waals surface area contributed by atoms with Gasteiger partial charge in [-0.1, -0.05) is 5.10 Å². The third-order valence-electron chi connectivity index (χ3n) is 2.00. The molecular formula is C10H20N4O3. The van der Waals surface area contributed by atoms with Gasteiger partial charge in [0.15, 0.2) is 0 Å². The molecule has 1 heterocycles. The summed E-state index contributed by atoms with van der Waals surface area (Å²) in [7, 11) is 1.65. The topological polar surface area (TPSA) is 95.4 Å². The second kappa shape index (κ2) is 7.99. The van der Waals surface area contributed by atoms with Crippen molar-refractivity contribution in [1.82, 2.24) is 10.2 Å². The Morgan fingerprint density at radius 1 is 1.35 bits per heavy atom. The van der Waals surface area contributed by atoms with Crippen molar-refractivity contribution >= 4 is 6.01 Å². The van der Waals surface area contributed by atoms with Crippen LogP contribution in [0.4, 0.5) is 6.01 Å². The molecule has 0 spiro atoms. The summed E-state index contributed by atoms with van der Waals surface area (Å²) in [5.41, 5.74) is 5.59. The lowest BCUT2D eigenvalue weighted by atomic mass is 10.4. The van der Waals surface area contributed by atoms with Gasteiger partial charge in [-0.25, -0.2) is 0 Å². The second-order valence-corrected chi connectivity index (χ2v) is 3.62. The molecule has 0 aromatic carbocycles. The molecule has 0 aliphatic rings. The molecule has 0 bridgehead atoms. The van der Waals surface area contributed by atoms with Crippen molar-refractivity contribution in [3.8, 4) is 0 Å². The molecule has 0 saturated heterocycles. The molecule has 1 aromatic heterocycles. The van der Waals surface area contributed by atoms with Gasteiger partial charge in [-0.2, -0.15) is 0 Å². The minimum atomic E-state index is -0.240. The Hall–Kier alpha value is -1.18. The number of rotatable bonds is 9. The predicted octanol–water partition coefficient (Wildman–Crippen LogP) is 0.554. The summed E-state index contributed by atoms with van der Waals surface area (Å²) in [5, 5.41) is 10.6. The van der Waals surface area contributed by atoms with Crippen molar-refractivity contribution in [2.45, 2.75) is 19.4 Å². The Morgan fingerprint density at radius 3 is 2.82 bits per heavy atom. The van der Waals surface area contributed by atoms with Crippen LogP contribution in [0.3, 0.4) is 0 Å². The zero-order valence-corrected chi connectivity index (χ0v) is 10.3. The van der Waals surface area contributed by atoms with Crippen molar-refractivity contribution in [1.29, 1.82) is 0 Å². The van der Waals surface area contributed by atoms with Gasteiger partial charge >= 0.3 is 6.01 Å². The Bertz CT molecular complexity index is 303. The molecule has 7 nitrogen and oxygen atoms in total. The largest absolute Gasteiger partial charge is 0.406 e. The van der Waals surface area contributed by atoms with Gasteiger partial charge in [0.2, 0.25) is 5.89 Å². The quantitative estimate of drug-likeness (QED) is 0.612. The fraction of sp³-hybridized carbons (Fsp3) is 0.800. The van der Waals surface area contributed by atoms with E-state index < -0.39 is 0 Å². The van der Waals surface area contributed by atoms with E-state index in [9.17, 15) is 0 Å². The maximum absolute atomic E-state index is 5.59. The van der Waals surface area contributed by atoms with E-state index in [1.807, 2.05) is 0 Å². The molecule has 1 atom stereocenters. The van der Waals surface area contributed by atoms with Crippen molar-refractivity contribution in [3.05, 3.63) is 5.89 Å². The molecular weight excluding hydrogens is 224 g/mol. The minimum absolute atomic E-state index is 0.240. The van der Waals surface area contributed by atoms with Crippen LogP contribution in [0, 0.1) is 0 Å². The first-order valence-corrected chi connectivity index (χ1v) is 5.63. The summed E-state index contributed by atoms with van der Waals surface area (Å²) in [6.07, 6.45) is 0.861. The van der Waals surface area contributed by atoms with E-state index in [0.717, 1.165) is 6.42 Å². The molecule has 0 aliphatic heterocycles. The van der Waals surface area contributed by atoms with Gasteiger partial charge in [0, 0.05) is 20.3 Å². The van der Waals surface area contributed by atoms with Crippen molar-refractivity contribution in [3.63, 3.8) is 0 Å². The number of nitrogens with zero attached hydrogens (tertiary/aromatic N) is 2. The summed E-state index contributed by atoms with van der Waals surface area (Å²) in [6.45, 7) is 4.42. The molecule has 0 amide bonds. The highest BCUT2D eigenvalue weighted by molar-refractivity contribution is 5.16. The number of anilines is 1. The molecule has 7 heteroatoms. The molecule has 17 heavy (non-hydrogen) atoms. The van der Waals surface area contributed by atoms with Crippen LogP contribution in [0.15, 0.2) is 4.42 Å². The first-order valence-electron chi connectivity index (χ1n) is 5.63. The first kappa shape index (κ1) is 13.9. The van der Waals surface area contributed by atoms with Gasteiger partial charge in [-0.15, -0.1) is 5.10 Å². The Balaban J connectivity index is 2.05. The van der Waals surface area contributed by atoms with Crippen LogP contribution in [0.2, 0.25) is 0 Å². The van der Waals surface area contributed by atoms with Gasteiger partial charge in [0.1, 0.15) is 0 Å². The van der Waals surface area contributed by atoms with Gasteiger partial charge in [0.25, 0.3) is 0 Å². The SMILES string of the molecule is COCCOCCCNc1nnc(C(C)N)o1. The Kier molecular flexibility index (Phi) is 6.53. The molecule has 3 N–H and O–H groups in total. The minimum Gasteiger partial charge on any atom is -0.406 e. The number of hydrogen-bond donors (Lipinski definition) is 2. The van der Waals surface area contributed by atoms with Crippen LogP contribution in [0.25, 0.3) is 0 Å². The lowest BCUT2D eigenvalue weighted by molar-refractivity contribution is 0.0705. The summed E-state index contributed by atoms with van der Waals surface area (Å²) in [4.78, 5) is 0. The zero-order valence-electron chi connectivity index (χ0n) is 10.3. The van der Waals surface area contributed by atoms with Crippen LogP contribution < -0.4 is 11.1 Å². The fourth-order valence-electron chi connectivity index (χ4n) is 1.10. The smallest absolute Gasteiger partial charge is 0.315 e. The van der Waals surface area contributed by atoms with Gasteiger partial charge in [0.05, 0.1) is 19.3 Å². The van der Waals surface area contributed by atoms with Crippen molar-refractivity contribution in [2.24, 2.45) is 5.73 Å². The van der Waals surface area contributed by atoms with E-state index in [1.54, 1.807) is 14.0 Å². The summed E-state index contributed by atoms with van der Waals surface area (Å²) in [5.74, 6) is 0.434. The number of hydrogen-bond acceptors (Lipinski definition) is 7. The van der Waals surface area contributed by atoms with Gasteiger partial charge in [-0.05, 0) is 13.3 Å². The Morgan fingerprint density at radius 2 is 2.18 bits per heavy atom. The lowest BCUT2D eigenvalue weighted by Gasteiger charge is -2.03. The third kappa shape index (κ3) is 5.62. The molecule has 1 unspecified atom stereocenters. The summed E-state index contributed by atoms with van der Waals surface area (Å²) >= 11 is 0. The number of methoxy groups -OCH3 is 1. The standard InChI is InChI=1S/C10H20N4O3/c1-8(11)9-13-14-10(17-9)12-4-3-5-16-7-6-15-2/h8H,3-7,11H2,1-2H3,(H,12,14). The van der Waals surface area contributed by atoms with Crippen LogP contribution in [0.1, 0.15) is 25.3 Å². The average Bonchev–Trinajstić information content (AvgIpc) is 2.77. The highest BCUT2D eigenvalue weighted by Gasteiger charge is 2.08. The number of nitrogens with one attached hydrogen (secondary N) is 1. The fourth-order valence-corrected chi connectivity index (χ4v) is 1.10. The number of nitrogens with two attached hydrogens (primary N) is 1. The second-order valence-electron chi connectivity index (χ2n) is 3.62. The molecule has 0 saturated carbocycles. The monoisotopic (exact) mass is 244 g/mol. The van der Waals surface area contributed by atoms with Gasteiger partial charge in [-0.3, -0.25) is 0 Å². The molecule has 0 radical (unpaired) electrons. The van der Waals surface area contributed by atoms with Crippen molar-refractivity contribution < 1.29 is 13.9 Å². The summed E-state index contributed by atoms with van der Waals surface area (Å²) < 4.78 is 15.4. The maximum Gasteiger partial charge on any atom is 0.315 e. The normalized spacial score (nSPS) is 12.6. The summed E-state index contributed by atoms with van der Waals surface area (Å²) in [6, 6.07) is 0.157. The van der Waals surface area contributed by atoms with Crippen LogP contribution in [-0.4, -0.2) is 43.7 Å². The van der Waals surface area contributed by atoms with E-state index in [2.05, 4.69) is 15.5 Å². The van der Waals surface area contributed by atoms with E-state index in [0.29, 0.717) is 38.3 Å².